The lowest BCUT2D eigenvalue weighted by molar-refractivity contribution is -0.143. The van der Waals surface area contributed by atoms with Crippen LogP contribution in [-0.4, -0.2) is 29.5 Å². The van der Waals surface area contributed by atoms with Crippen molar-refractivity contribution >= 4 is 11.9 Å². The molecule has 0 saturated carbocycles. The second kappa shape index (κ2) is 6.23. The van der Waals surface area contributed by atoms with Crippen molar-refractivity contribution in [2.45, 2.75) is 13.0 Å². The first kappa shape index (κ1) is 12.6. The number of nitrogens with one attached hydrogen (secondary N) is 1. The molecule has 1 N–H and O–H groups in total. The lowest BCUT2D eigenvalue weighted by Gasteiger charge is -2.10. The second-order valence-corrected chi connectivity index (χ2v) is 3.02. The molecule has 0 radical (unpaired) electrons. The van der Waals surface area contributed by atoms with Gasteiger partial charge in [-0.1, -0.05) is 0 Å². The third-order valence-corrected chi connectivity index (χ3v) is 1.87. The lowest BCUT2D eigenvalue weighted by atomic mass is 10.2. The first-order valence-electron chi connectivity index (χ1n) is 4.96. The highest BCUT2D eigenvalue weighted by molar-refractivity contribution is 5.97. The smallest absolute Gasteiger partial charge is 0.343 e. The van der Waals surface area contributed by atoms with Crippen LogP contribution >= 0.6 is 0 Å². The molecule has 17 heavy (non-hydrogen) atoms. The van der Waals surface area contributed by atoms with Gasteiger partial charge in [-0.2, -0.15) is 5.26 Å². The third-order valence-electron chi connectivity index (χ3n) is 1.87. The highest BCUT2D eigenvalue weighted by atomic mass is 16.5. The minimum atomic E-state index is -1.30. The SMILES string of the molecule is CCOC(=O)C(C#N)NC(=O)c1ccncc1. The summed E-state index contributed by atoms with van der Waals surface area (Å²) in [7, 11) is 0. The van der Waals surface area contributed by atoms with Crippen molar-refractivity contribution in [2.24, 2.45) is 0 Å². The fourth-order valence-electron chi connectivity index (χ4n) is 1.09. The number of nitriles is 1. The summed E-state index contributed by atoms with van der Waals surface area (Å²) < 4.78 is 4.64. The van der Waals surface area contributed by atoms with Crippen LogP contribution in [0.2, 0.25) is 0 Å². The van der Waals surface area contributed by atoms with E-state index in [9.17, 15) is 9.59 Å². The van der Waals surface area contributed by atoms with Crippen molar-refractivity contribution in [3.63, 3.8) is 0 Å². The molecule has 6 nitrogen and oxygen atoms in total. The summed E-state index contributed by atoms with van der Waals surface area (Å²) in [6, 6.07) is 3.33. The molecule has 0 saturated heterocycles. The van der Waals surface area contributed by atoms with E-state index < -0.39 is 17.9 Å². The van der Waals surface area contributed by atoms with Crippen LogP contribution in [0, 0.1) is 11.3 Å². The van der Waals surface area contributed by atoms with Gasteiger partial charge >= 0.3 is 5.97 Å². The van der Waals surface area contributed by atoms with E-state index in [0.717, 1.165) is 0 Å². The van der Waals surface area contributed by atoms with E-state index in [1.807, 2.05) is 0 Å². The van der Waals surface area contributed by atoms with Crippen molar-refractivity contribution in [3.8, 4) is 6.07 Å². The van der Waals surface area contributed by atoms with Crippen LogP contribution in [0.25, 0.3) is 0 Å². The maximum absolute atomic E-state index is 11.6. The summed E-state index contributed by atoms with van der Waals surface area (Å²) in [5.74, 6) is -1.29. The van der Waals surface area contributed by atoms with Crippen LogP contribution in [0.3, 0.4) is 0 Å². The molecule has 1 heterocycles. The number of nitrogens with zero attached hydrogens (tertiary/aromatic N) is 2. The number of amides is 1. The molecule has 1 unspecified atom stereocenters. The van der Waals surface area contributed by atoms with E-state index in [-0.39, 0.29) is 6.61 Å². The predicted molar refractivity (Wildman–Crippen MR) is 57.7 cm³/mol. The van der Waals surface area contributed by atoms with Crippen molar-refractivity contribution in [1.29, 1.82) is 5.26 Å². The second-order valence-electron chi connectivity index (χ2n) is 3.02. The molecule has 0 aliphatic heterocycles. The molecule has 1 aromatic rings. The molecule has 88 valence electrons. The molecule has 1 rings (SSSR count). The molecular formula is C11H11N3O3. The molecule has 0 fully saturated rings. The third kappa shape index (κ3) is 3.57. The van der Waals surface area contributed by atoms with Gasteiger partial charge in [-0.25, -0.2) is 4.79 Å². The Morgan fingerprint density at radius 1 is 1.53 bits per heavy atom. The number of pyridine rings is 1. The monoisotopic (exact) mass is 233 g/mol. The summed E-state index contributed by atoms with van der Waals surface area (Å²) in [4.78, 5) is 26.6. The van der Waals surface area contributed by atoms with E-state index in [4.69, 9.17) is 5.26 Å². The molecule has 1 amide bonds. The fourth-order valence-corrected chi connectivity index (χ4v) is 1.09. The molecule has 0 spiro atoms. The van der Waals surface area contributed by atoms with Crippen molar-refractivity contribution in [3.05, 3.63) is 30.1 Å². The molecule has 0 bridgehead atoms. The quantitative estimate of drug-likeness (QED) is 0.753. The van der Waals surface area contributed by atoms with Crippen molar-refractivity contribution in [1.82, 2.24) is 10.3 Å². The standard InChI is InChI=1S/C11H11N3O3/c1-2-17-11(16)9(7-12)14-10(15)8-3-5-13-6-4-8/h3-6,9H,2H2,1H3,(H,14,15). The van der Waals surface area contributed by atoms with E-state index in [2.05, 4.69) is 15.0 Å². The molecular weight excluding hydrogens is 222 g/mol. The van der Waals surface area contributed by atoms with E-state index >= 15 is 0 Å². The van der Waals surface area contributed by atoms with Crippen LogP contribution < -0.4 is 5.32 Å². The van der Waals surface area contributed by atoms with E-state index in [1.165, 1.54) is 24.5 Å². The van der Waals surface area contributed by atoms with Crippen LogP contribution in [0.4, 0.5) is 0 Å². The maximum Gasteiger partial charge on any atom is 0.343 e. The normalized spacial score (nSPS) is 11.1. The zero-order chi connectivity index (χ0) is 12.7. The number of rotatable bonds is 4. The molecule has 0 aromatic carbocycles. The zero-order valence-corrected chi connectivity index (χ0v) is 9.21. The summed E-state index contributed by atoms with van der Waals surface area (Å²) >= 11 is 0. The first-order chi connectivity index (χ1) is 8.19. The highest BCUT2D eigenvalue weighted by Gasteiger charge is 2.21. The van der Waals surface area contributed by atoms with Gasteiger partial charge in [-0.05, 0) is 19.1 Å². The summed E-state index contributed by atoms with van der Waals surface area (Å²) in [6.07, 6.45) is 2.89. The number of hydrogen-bond donors (Lipinski definition) is 1. The lowest BCUT2D eigenvalue weighted by Crippen LogP contribution is -2.40. The maximum atomic E-state index is 11.6. The fraction of sp³-hybridized carbons (Fsp3) is 0.273. The Bertz CT molecular complexity index is 439. The topological polar surface area (TPSA) is 92.1 Å². The van der Waals surface area contributed by atoms with Gasteiger partial charge in [0.25, 0.3) is 5.91 Å². The van der Waals surface area contributed by atoms with Gasteiger partial charge in [0.2, 0.25) is 6.04 Å². The first-order valence-corrected chi connectivity index (χ1v) is 4.96. The Balaban J connectivity index is 2.67. The van der Waals surface area contributed by atoms with E-state index in [0.29, 0.717) is 5.56 Å². The molecule has 1 aromatic heterocycles. The van der Waals surface area contributed by atoms with E-state index in [1.54, 1.807) is 13.0 Å². The van der Waals surface area contributed by atoms with Gasteiger partial charge in [0.15, 0.2) is 0 Å². The zero-order valence-electron chi connectivity index (χ0n) is 9.21. The number of carbonyl (C=O) groups excluding carboxylic acids is 2. The van der Waals surface area contributed by atoms with Crippen molar-refractivity contribution in [2.75, 3.05) is 6.61 Å². The number of aromatic nitrogens is 1. The number of carbonyl (C=O) groups is 2. The van der Waals surface area contributed by atoms with Gasteiger partial charge < -0.3 is 10.1 Å². The molecule has 0 aliphatic carbocycles. The number of ether oxygens (including phenoxy) is 1. The average Bonchev–Trinajstić information content (AvgIpc) is 2.37. The van der Waals surface area contributed by atoms with Gasteiger partial charge in [-0.3, -0.25) is 9.78 Å². The largest absolute Gasteiger partial charge is 0.464 e. The molecule has 1 atom stereocenters. The predicted octanol–water partition coefficient (Wildman–Crippen LogP) is 0.267. The average molecular weight is 233 g/mol. The minimum absolute atomic E-state index is 0.155. The summed E-state index contributed by atoms with van der Waals surface area (Å²) in [6.45, 7) is 1.78. The van der Waals surface area contributed by atoms with Crippen LogP contribution in [0.15, 0.2) is 24.5 Å². The molecule has 0 aliphatic rings. The Morgan fingerprint density at radius 2 is 2.18 bits per heavy atom. The number of esters is 1. The Hall–Kier alpha value is -2.42. The summed E-state index contributed by atoms with van der Waals surface area (Å²) in [5.41, 5.74) is 0.324. The van der Waals surface area contributed by atoms with Gasteiger partial charge in [-0.15, -0.1) is 0 Å². The Kier molecular flexibility index (Phi) is 4.63. The van der Waals surface area contributed by atoms with Crippen LogP contribution in [-0.2, 0) is 9.53 Å². The summed E-state index contributed by atoms with van der Waals surface area (Å²) in [5, 5.41) is 11.0. The van der Waals surface area contributed by atoms with Crippen molar-refractivity contribution < 1.29 is 14.3 Å². The number of hydrogen-bond acceptors (Lipinski definition) is 5. The van der Waals surface area contributed by atoms with Gasteiger partial charge in [0, 0.05) is 18.0 Å². The highest BCUT2D eigenvalue weighted by Crippen LogP contribution is 1.97. The van der Waals surface area contributed by atoms with Crippen LogP contribution in [0.1, 0.15) is 17.3 Å². The Morgan fingerprint density at radius 3 is 2.71 bits per heavy atom. The van der Waals surface area contributed by atoms with Gasteiger partial charge in [0.05, 0.1) is 12.7 Å². The van der Waals surface area contributed by atoms with Crippen LogP contribution in [0.5, 0.6) is 0 Å². The molecule has 6 heteroatoms. The minimum Gasteiger partial charge on any atom is -0.464 e. The van der Waals surface area contributed by atoms with Gasteiger partial charge in [0.1, 0.15) is 0 Å². The Labute approximate surface area is 98.2 Å².